The van der Waals surface area contributed by atoms with Gasteiger partial charge in [-0.15, -0.1) is 0 Å². The first-order valence-electron chi connectivity index (χ1n) is 5.91. The molecule has 1 unspecified atom stereocenters. The van der Waals surface area contributed by atoms with Gasteiger partial charge in [0.2, 0.25) is 0 Å². The van der Waals surface area contributed by atoms with E-state index in [4.69, 9.17) is 10.2 Å². The molecule has 2 N–H and O–H groups in total. The lowest BCUT2D eigenvalue weighted by Crippen LogP contribution is -2.37. The van der Waals surface area contributed by atoms with Crippen molar-refractivity contribution in [2.45, 2.75) is 18.9 Å². The van der Waals surface area contributed by atoms with Crippen molar-refractivity contribution in [3.05, 3.63) is 35.4 Å². The van der Waals surface area contributed by atoms with E-state index < -0.39 is 23.6 Å². The SMILES string of the molecule is CN(CCO)C(CC(=O)O)Cc1cc(F)ccc1F. The molecule has 1 rings (SSSR count). The highest BCUT2D eigenvalue weighted by Gasteiger charge is 2.20. The fraction of sp³-hybridized carbons (Fsp3) is 0.462. The number of hydrogen-bond acceptors (Lipinski definition) is 3. The van der Waals surface area contributed by atoms with Crippen LogP contribution in [0.25, 0.3) is 0 Å². The molecular weight excluding hydrogens is 256 g/mol. The molecule has 0 saturated heterocycles. The fourth-order valence-corrected chi connectivity index (χ4v) is 1.88. The average Bonchev–Trinajstić information content (AvgIpc) is 2.32. The summed E-state index contributed by atoms with van der Waals surface area (Å²) < 4.78 is 26.6. The Morgan fingerprint density at radius 2 is 2.11 bits per heavy atom. The van der Waals surface area contributed by atoms with Gasteiger partial charge in [0.05, 0.1) is 13.0 Å². The van der Waals surface area contributed by atoms with Crippen LogP contribution < -0.4 is 0 Å². The highest BCUT2D eigenvalue weighted by Crippen LogP contribution is 2.16. The van der Waals surface area contributed by atoms with E-state index in [1.165, 1.54) is 0 Å². The van der Waals surface area contributed by atoms with E-state index in [9.17, 15) is 13.6 Å². The Balaban J connectivity index is 2.86. The van der Waals surface area contributed by atoms with E-state index in [1.54, 1.807) is 11.9 Å². The van der Waals surface area contributed by atoms with Gasteiger partial charge >= 0.3 is 5.97 Å². The van der Waals surface area contributed by atoms with Gasteiger partial charge in [-0.2, -0.15) is 0 Å². The number of carbonyl (C=O) groups is 1. The number of halogens is 2. The minimum Gasteiger partial charge on any atom is -0.481 e. The molecule has 0 aliphatic carbocycles. The third-order valence-corrected chi connectivity index (χ3v) is 2.95. The quantitative estimate of drug-likeness (QED) is 0.785. The van der Waals surface area contributed by atoms with Crippen LogP contribution in [0.15, 0.2) is 18.2 Å². The van der Waals surface area contributed by atoms with Gasteiger partial charge in [0.15, 0.2) is 0 Å². The van der Waals surface area contributed by atoms with Crippen molar-refractivity contribution in [1.29, 1.82) is 0 Å². The van der Waals surface area contributed by atoms with Gasteiger partial charge in [0.1, 0.15) is 11.6 Å². The van der Waals surface area contributed by atoms with Crippen molar-refractivity contribution in [2.24, 2.45) is 0 Å². The topological polar surface area (TPSA) is 60.8 Å². The molecule has 0 amide bonds. The number of hydrogen-bond donors (Lipinski definition) is 2. The Hall–Kier alpha value is -1.53. The summed E-state index contributed by atoms with van der Waals surface area (Å²) in [5.41, 5.74) is 0.135. The summed E-state index contributed by atoms with van der Waals surface area (Å²) in [5.74, 6) is -2.14. The first kappa shape index (κ1) is 15.5. The van der Waals surface area contributed by atoms with Crippen LogP contribution >= 0.6 is 0 Å². The number of aliphatic carboxylic acids is 1. The number of rotatable bonds is 7. The molecule has 1 aromatic rings. The molecule has 1 aromatic carbocycles. The van der Waals surface area contributed by atoms with Crippen LogP contribution in [0.5, 0.6) is 0 Å². The molecule has 106 valence electrons. The molecule has 0 aliphatic heterocycles. The summed E-state index contributed by atoms with van der Waals surface area (Å²) in [5, 5.41) is 17.7. The maximum absolute atomic E-state index is 13.5. The lowest BCUT2D eigenvalue weighted by Gasteiger charge is -2.26. The zero-order chi connectivity index (χ0) is 14.4. The molecule has 0 fully saturated rings. The Kier molecular flexibility index (Phi) is 5.85. The lowest BCUT2D eigenvalue weighted by atomic mass is 10.0. The second-order valence-corrected chi connectivity index (χ2v) is 4.40. The van der Waals surface area contributed by atoms with Gasteiger partial charge in [-0.25, -0.2) is 8.78 Å². The molecule has 0 radical (unpaired) electrons. The Morgan fingerprint density at radius 1 is 1.42 bits per heavy atom. The van der Waals surface area contributed by atoms with E-state index in [0.717, 1.165) is 18.2 Å². The van der Waals surface area contributed by atoms with Crippen LogP contribution in [-0.4, -0.2) is 47.3 Å². The summed E-state index contributed by atoms with van der Waals surface area (Å²) in [7, 11) is 1.64. The number of likely N-dealkylation sites (N-methyl/N-ethyl adjacent to an activating group) is 1. The second-order valence-electron chi connectivity index (χ2n) is 4.40. The van der Waals surface area contributed by atoms with Crippen molar-refractivity contribution in [1.82, 2.24) is 4.90 Å². The minimum atomic E-state index is -1.02. The first-order chi connectivity index (χ1) is 8.93. The molecule has 0 aliphatic rings. The molecule has 4 nitrogen and oxygen atoms in total. The third-order valence-electron chi connectivity index (χ3n) is 2.95. The number of nitrogens with zero attached hydrogens (tertiary/aromatic N) is 1. The molecular formula is C13H17F2NO3. The summed E-state index contributed by atoms with van der Waals surface area (Å²) in [6, 6.07) is 2.61. The maximum Gasteiger partial charge on any atom is 0.304 e. The van der Waals surface area contributed by atoms with Crippen molar-refractivity contribution in [3.63, 3.8) is 0 Å². The predicted octanol–water partition coefficient (Wildman–Crippen LogP) is 1.27. The molecule has 1 atom stereocenters. The Bertz CT molecular complexity index is 440. The predicted molar refractivity (Wildman–Crippen MR) is 65.8 cm³/mol. The van der Waals surface area contributed by atoms with Crippen LogP contribution in [0.4, 0.5) is 8.78 Å². The second kappa shape index (κ2) is 7.16. The van der Waals surface area contributed by atoms with Crippen molar-refractivity contribution in [2.75, 3.05) is 20.2 Å². The van der Waals surface area contributed by atoms with Gasteiger partial charge < -0.3 is 15.1 Å². The molecule has 0 spiro atoms. The number of aliphatic hydroxyl groups excluding tert-OH is 1. The molecule has 0 saturated carbocycles. The third kappa shape index (κ3) is 4.92. The van der Waals surface area contributed by atoms with Crippen LogP contribution in [0.1, 0.15) is 12.0 Å². The van der Waals surface area contributed by atoms with E-state index in [0.29, 0.717) is 0 Å². The minimum absolute atomic E-state index is 0.0758. The standard InChI is InChI=1S/C13H17F2NO3/c1-16(4-5-17)11(8-13(18)19)7-9-6-10(14)2-3-12(9)15/h2-3,6,11,17H,4-5,7-8H2,1H3,(H,18,19). The van der Waals surface area contributed by atoms with Crippen LogP contribution in [0.3, 0.4) is 0 Å². The maximum atomic E-state index is 13.5. The van der Waals surface area contributed by atoms with Gasteiger partial charge in [-0.05, 0) is 37.2 Å². The van der Waals surface area contributed by atoms with Crippen molar-refractivity contribution in [3.8, 4) is 0 Å². The fourth-order valence-electron chi connectivity index (χ4n) is 1.88. The largest absolute Gasteiger partial charge is 0.481 e. The Labute approximate surface area is 110 Å². The van der Waals surface area contributed by atoms with Gasteiger partial charge in [0, 0.05) is 12.6 Å². The van der Waals surface area contributed by atoms with E-state index in [2.05, 4.69) is 0 Å². The molecule has 0 bridgehead atoms. The van der Waals surface area contributed by atoms with Crippen molar-refractivity contribution < 1.29 is 23.8 Å². The average molecular weight is 273 g/mol. The van der Waals surface area contributed by atoms with E-state index in [-0.39, 0.29) is 31.6 Å². The van der Waals surface area contributed by atoms with Crippen LogP contribution in [0, 0.1) is 11.6 Å². The molecule has 6 heteroatoms. The van der Waals surface area contributed by atoms with E-state index in [1.807, 2.05) is 0 Å². The number of aliphatic hydroxyl groups is 1. The van der Waals surface area contributed by atoms with Gasteiger partial charge in [-0.1, -0.05) is 0 Å². The van der Waals surface area contributed by atoms with Gasteiger partial charge in [0.25, 0.3) is 0 Å². The molecule has 19 heavy (non-hydrogen) atoms. The number of carboxylic acids is 1. The molecule has 0 aromatic heterocycles. The highest BCUT2D eigenvalue weighted by atomic mass is 19.1. The van der Waals surface area contributed by atoms with E-state index >= 15 is 0 Å². The lowest BCUT2D eigenvalue weighted by molar-refractivity contribution is -0.138. The highest BCUT2D eigenvalue weighted by molar-refractivity contribution is 5.67. The summed E-state index contributed by atoms with van der Waals surface area (Å²) in [4.78, 5) is 12.4. The van der Waals surface area contributed by atoms with Crippen LogP contribution in [0.2, 0.25) is 0 Å². The summed E-state index contributed by atoms with van der Waals surface area (Å²) in [6.07, 6.45) is -0.126. The Morgan fingerprint density at radius 3 is 2.68 bits per heavy atom. The summed E-state index contributed by atoms with van der Waals surface area (Å²) in [6.45, 7) is 0.146. The first-order valence-corrected chi connectivity index (χ1v) is 5.91. The zero-order valence-corrected chi connectivity index (χ0v) is 10.6. The number of carboxylic acid groups (broad SMARTS) is 1. The normalized spacial score (nSPS) is 12.7. The number of benzene rings is 1. The molecule has 0 heterocycles. The van der Waals surface area contributed by atoms with Crippen LogP contribution in [-0.2, 0) is 11.2 Å². The summed E-state index contributed by atoms with van der Waals surface area (Å²) >= 11 is 0. The van der Waals surface area contributed by atoms with Gasteiger partial charge in [-0.3, -0.25) is 4.79 Å². The monoisotopic (exact) mass is 273 g/mol. The smallest absolute Gasteiger partial charge is 0.304 e. The zero-order valence-electron chi connectivity index (χ0n) is 10.6. The van der Waals surface area contributed by atoms with Crippen molar-refractivity contribution >= 4 is 5.97 Å².